The first-order valence-electron chi connectivity index (χ1n) is 8.10. The predicted octanol–water partition coefficient (Wildman–Crippen LogP) is 1.90. The number of benzene rings is 1. The fourth-order valence-electron chi connectivity index (χ4n) is 2.98. The zero-order valence-electron chi connectivity index (χ0n) is 13.4. The molecule has 0 aromatic heterocycles. The number of nitrogens with zero attached hydrogens (tertiary/aromatic N) is 3. The van der Waals surface area contributed by atoms with E-state index >= 15 is 0 Å². The molecule has 126 valence electrons. The number of anilines is 1. The largest absolute Gasteiger partial charge is 0.483 e. The third-order valence-corrected chi connectivity index (χ3v) is 4.47. The number of nitro benzene ring substituents is 1. The summed E-state index contributed by atoms with van der Waals surface area (Å²) in [6.45, 7) is 5.00. The van der Waals surface area contributed by atoms with E-state index in [1.165, 1.54) is 0 Å². The van der Waals surface area contributed by atoms with E-state index in [1.807, 2.05) is 6.07 Å². The molecule has 0 amide bonds. The van der Waals surface area contributed by atoms with Gasteiger partial charge in [0.2, 0.25) is 0 Å². The van der Waals surface area contributed by atoms with Crippen molar-refractivity contribution in [2.75, 3.05) is 51.3 Å². The van der Waals surface area contributed by atoms with E-state index in [2.05, 4.69) is 16.8 Å². The maximum Gasteiger partial charge on any atom is 0.312 e. The summed E-state index contributed by atoms with van der Waals surface area (Å²) in [7, 11) is 2.09. The van der Waals surface area contributed by atoms with Crippen molar-refractivity contribution in [3.63, 3.8) is 0 Å². The first kappa shape index (κ1) is 16.0. The molecule has 23 heavy (non-hydrogen) atoms. The third kappa shape index (κ3) is 3.92. The number of ether oxygens (including phenoxy) is 2. The summed E-state index contributed by atoms with van der Waals surface area (Å²) in [6, 6.07) is 5.30. The molecule has 2 aliphatic heterocycles. The van der Waals surface area contributed by atoms with E-state index in [0.29, 0.717) is 19.0 Å². The van der Waals surface area contributed by atoms with Crippen LogP contribution in [0.3, 0.4) is 0 Å². The van der Waals surface area contributed by atoms with Crippen LogP contribution in [0.5, 0.6) is 5.75 Å². The molecular formula is C16H23N3O4. The highest BCUT2D eigenvalue weighted by Gasteiger charge is 2.23. The van der Waals surface area contributed by atoms with E-state index in [0.717, 1.165) is 44.7 Å². The summed E-state index contributed by atoms with van der Waals surface area (Å²) < 4.78 is 11.2. The lowest BCUT2D eigenvalue weighted by atomic mass is 10.1. The molecule has 0 N–H and O–H groups in total. The van der Waals surface area contributed by atoms with Crippen molar-refractivity contribution in [1.29, 1.82) is 0 Å². The maximum absolute atomic E-state index is 11.4. The third-order valence-electron chi connectivity index (χ3n) is 4.47. The second-order valence-electron chi connectivity index (χ2n) is 6.13. The van der Waals surface area contributed by atoms with Crippen molar-refractivity contribution in [3.8, 4) is 5.75 Å². The van der Waals surface area contributed by atoms with Gasteiger partial charge in [0.15, 0.2) is 5.75 Å². The molecule has 0 atom stereocenters. The van der Waals surface area contributed by atoms with Crippen LogP contribution in [0.1, 0.15) is 12.8 Å². The van der Waals surface area contributed by atoms with Crippen LogP contribution in [0.4, 0.5) is 11.4 Å². The number of piperazine rings is 1. The van der Waals surface area contributed by atoms with Gasteiger partial charge in [-0.15, -0.1) is 0 Å². The van der Waals surface area contributed by atoms with Crippen molar-refractivity contribution >= 4 is 11.4 Å². The highest BCUT2D eigenvalue weighted by molar-refractivity contribution is 5.60. The van der Waals surface area contributed by atoms with Crippen molar-refractivity contribution < 1.29 is 14.4 Å². The quantitative estimate of drug-likeness (QED) is 0.623. The Hall–Kier alpha value is -1.86. The lowest BCUT2D eigenvalue weighted by molar-refractivity contribution is -0.386. The maximum atomic E-state index is 11.4. The number of rotatable bonds is 4. The summed E-state index contributed by atoms with van der Waals surface area (Å²) in [5.41, 5.74) is 0.942. The minimum Gasteiger partial charge on any atom is -0.483 e. The van der Waals surface area contributed by atoms with E-state index in [9.17, 15) is 10.1 Å². The minimum atomic E-state index is -0.353. The van der Waals surface area contributed by atoms with Crippen molar-refractivity contribution in [2.24, 2.45) is 0 Å². The average Bonchev–Trinajstić information content (AvgIpc) is 2.57. The Bertz CT molecular complexity index is 552. The van der Waals surface area contributed by atoms with Crippen molar-refractivity contribution in [1.82, 2.24) is 4.90 Å². The normalized spacial score (nSPS) is 20.5. The molecule has 3 rings (SSSR count). The van der Waals surface area contributed by atoms with Crippen LogP contribution in [0, 0.1) is 10.1 Å². The van der Waals surface area contributed by atoms with Crippen LogP contribution in [0.15, 0.2) is 18.2 Å². The summed E-state index contributed by atoms with van der Waals surface area (Å²) in [4.78, 5) is 15.5. The Balaban J connectivity index is 1.76. The summed E-state index contributed by atoms with van der Waals surface area (Å²) in [6.07, 6.45) is 1.55. The zero-order chi connectivity index (χ0) is 16.2. The van der Waals surface area contributed by atoms with Crippen molar-refractivity contribution in [2.45, 2.75) is 18.9 Å². The minimum absolute atomic E-state index is 0.00284. The molecule has 1 aromatic rings. The lowest BCUT2D eigenvalue weighted by Gasteiger charge is -2.34. The molecule has 0 unspecified atom stereocenters. The van der Waals surface area contributed by atoms with Crippen LogP contribution >= 0.6 is 0 Å². The molecule has 7 nitrogen and oxygen atoms in total. The van der Waals surface area contributed by atoms with Crippen LogP contribution < -0.4 is 9.64 Å². The molecular weight excluding hydrogens is 298 g/mol. The van der Waals surface area contributed by atoms with Gasteiger partial charge in [-0.1, -0.05) is 0 Å². The van der Waals surface area contributed by atoms with Crippen LogP contribution in [-0.2, 0) is 4.74 Å². The molecule has 2 fully saturated rings. The van der Waals surface area contributed by atoms with Gasteiger partial charge in [-0.05, 0) is 19.2 Å². The highest BCUT2D eigenvalue weighted by Crippen LogP contribution is 2.33. The average molecular weight is 321 g/mol. The van der Waals surface area contributed by atoms with Gasteiger partial charge in [-0.3, -0.25) is 10.1 Å². The summed E-state index contributed by atoms with van der Waals surface area (Å²) in [5, 5.41) is 11.4. The smallest absolute Gasteiger partial charge is 0.312 e. The number of hydrogen-bond donors (Lipinski definition) is 0. The van der Waals surface area contributed by atoms with Gasteiger partial charge in [-0.2, -0.15) is 0 Å². The molecule has 2 saturated heterocycles. The Morgan fingerprint density at radius 2 is 1.91 bits per heavy atom. The number of hydrogen-bond acceptors (Lipinski definition) is 6. The van der Waals surface area contributed by atoms with Gasteiger partial charge in [0.25, 0.3) is 0 Å². The van der Waals surface area contributed by atoms with Gasteiger partial charge < -0.3 is 19.3 Å². The number of likely N-dealkylation sites (N-methyl/N-ethyl adjacent to an activating group) is 1. The Morgan fingerprint density at radius 1 is 1.22 bits per heavy atom. The SMILES string of the molecule is CN1CCN(c2ccc(OC3CCOCC3)c([N+](=O)[O-])c2)CC1. The molecule has 0 aliphatic carbocycles. The first-order chi connectivity index (χ1) is 11.1. The standard InChI is InChI=1S/C16H23N3O4/c1-17-6-8-18(9-7-17)13-2-3-16(15(12-13)19(20)21)23-14-4-10-22-11-5-14/h2-3,12,14H,4-11H2,1H3. The van der Waals surface area contributed by atoms with Gasteiger partial charge in [0.1, 0.15) is 6.10 Å². The van der Waals surface area contributed by atoms with Gasteiger partial charge >= 0.3 is 5.69 Å². The van der Waals surface area contributed by atoms with E-state index in [-0.39, 0.29) is 16.7 Å². The van der Waals surface area contributed by atoms with Crippen LogP contribution in [0.2, 0.25) is 0 Å². The Morgan fingerprint density at radius 3 is 2.57 bits per heavy atom. The van der Waals surface area contributed by atoms with Gasteiger partial charge in [0.05, 0.1) is 18.1 Å². The molecule has 0 spiro atoms. The molecule has 0 bridgehead atoms. The molecule has 0 radical (unpaired) electrons. The Kier molecular flexibility index (Phi) is 4.97. The van der Waals surface area contributed by atoms with E-state index in [4.69, 9.17) is 9.47 Å². The molecule has 2 heterocycles. The predicted molar refractivity (Wildman–Crippen MR) is 87.3 cm³/mol. The molecule has 1 aromatic carbocycles. The second-order valence-corrected chi connectivity index (χ2v) is 6.13. The molecule has 7 heteroatoms. The van der Waals surface area contributed by atoms with Crippen molar-refractivity contribution in [3.05, 3.63) is 28.3 Å². The number of nitro groups is 1. The summed E-state index contributed by atoms with van der Waals surface area (Å²) >= 11 is 0. The fraction of sp³-hybridized carbons (Fsp3) is 0.625. The monoisotopic (exact) mass is 321 g/mol. The van der Waals surface area contributed by atoms with E-state index < -0.39 is 0 Å². The second kappa shape index (κ2) is 7.14. The van der Waals surface area contributed by atoms with E-state index in [1.54, 1.807) is 12.1 Å². The summed E-state index contributed by atoms with van der Waals surface area (Å²) in [5.74, 6) is 0.361. The van der Waals surface area contributed by atoms with Gasteiger partial charge in [-0.25, -0.2) is 0 Å². The highest BCUT2D eigenvalue weighted by atomic mass is 16.6. The van der Waals surface area contributed by atoms with Crippen LogP contribution in [-0.4, -0.2) is 62.4 Å². The topological polar surface area (TPSA) is 68.1 Å². The van der Waals surface area contributed by atoms with Gasteiger partial charge in [0, 0.05) is 50.8 Å². The zero-order valence-corrected chi connectivity index (χ0v) is 13.4. The molecule has 2 aliphatic rings. The molecule has 0 saturated carbocycles. The lowest BCUT2D eigenvalue weighted by Crippen LogP contribution is -2.44. The van der Waals surface area contributed by atoms with Crippen LogP contribution in [0.25, 0.3) is 0 Å². The first-order valence-corrected chi connectivity index (χ1v) is 8.10. The fourth-order valence-corrected chi connectivity index (χ4v) is 2.98. The Labute approximate surface area is 135 Å².